The van der Waals surface area contributed by atoms with Gasteiger partial charge >= 0.3 is 5.69 Å². The Kier molecular flexibility index (Phi) is 4.87. The Morgan fingerprint density at radius 3 is 3.04 bits per heavy atom. The van der Waals surface area contributed by atoms with Gasteiger partial charge in [-0.15, -0.1) is 0 Å². The molecule has 2 rings (SSSR count). The highest BCUT2D eigenvalue weighted by Gasteiger charge is 2.10. The highest BCUT2D eigenvalue weighted by atomic mass is 16.6. The summed E-state index contributed by atoms with van der Waals surface area (Å²) < 4.78 is 6.08. The van der Waals surface area contributed by atoms with E-state index in [-0.39, 0.29) is 23.7 Å². The number of nitrogens with zero attached hydrogens (tertiary/aromatic N) is 4. The van der Waals surface area contributed by atoms with Crippen molar-refractivity contribution in [1.82, 2.24) is 15.2 Å². The number of benzene rings is 1. The van der Waals surface area contributed by atoms with Crippen LogP contribution in [0.2, 0.25) is 0 Å². The van der Waals surface area contributed by atoms with Crippen LogP contribution < -0.4 is 10.2 Å². The van der Waals surface area contributed by atoms with Crippen molar-refractivity contribution in [2.45, 2.75) is 6.54 Å². The number of hydrogen-bond donors (Lipinski definition) is 2. The maximum atomic E-state index is 11.6. The number of rotatable bonds is 6. The predicted molar refractivity (Wildman–Crippen MR) is 79.3 cm³/mol. The van der Waals surface area contributed by atoms with Gasteiger partial charge in [0, 0.05) is 0 Å². The topological polar surface area (TPSA) is 132 Å². The molecule has 0 aliphatic rings. The van der Waals surface area contributed by atoms with Crippen LogP contribution in [0.3, 0.4) is 0 Å². The van der Waals surface area contributed by atoms with Crippen LogP contribution in [0.5, 0.6) is 11.5 Å². The van der Waals surface area contributed by atoms with Gasteiger partial charge in [0.15, 0.2) is 11.5 Å². The van der Waals surface area contributed by atoms with E-state index in [1.54, 1.807) is 12.1 Å². The second-order valence-corrected chi connectivity index (χ2v) is 4.38. The highest BCUT2D eigenvalue weighted by molar-refractivity contribution is 5.83. The number of phenolic OH excluding ortho intramolecular Hbond substituents is 1. The Balaban J connectivity index is 1.91. The van der Waals surface area contributed by atoms with Crippen LogP contribution >= 0.6 is 0 Å². The van der Waals surface area contributed by atoms with Crippen molar-refractivity contribution in [2.24, 2.45) is 5.10 Å². The summed E-state index contributed by atoms with van der Waals surface area (Å²) in [5.74, 6) is -0.219. The molecule has 23 heavy (non-hydrogen) atoms. The number of aromatic hydroxyl groups is 1. The lowest BCUT2D eigenvalue weighted by Crippen LogP contribution is -2.23. The summed E-state index contributed by atoms with van der Waals surface area (Å²) in [4.78, 5) is 21.5. The SMILES string of the molecule is COc1cc(C=NNC(=O)Cn2cc([N+](=O)[O-])cn2)ccc1O. The first-order valence-corrected chi connectivity index (χ1v) is 6.35. The molecule has 0 aliphatic carbocycles. The summed E-state index contributed by atoms with van der Waals surface area (Å²) in [7, 11) is 1.42. The Labute approximate surface area is 130 Å². The number of hydrazone groups is 1. The van der Waals surface area contributed by atoms with E-state index in [0.29, 0.717) is 5.56 Å². The molecule has 120 valence electrons. The average molecular weight is 319 g/mol. The lowest BCUT2D eigenvalue weighted by molar-refractivity contribution is -0.385. The number of ether oxygens (including phenoxy) is 1. The minimum atomic E-state index is -0.599. The molecule has 0 bridgehead atoms. The largest absolute Gasteiger partial charge is 0.504 e. The summed E-state index contributed by atoms with van der Waals surface area (Å²) in [5, 5.41) is 27.4. The van der Waals surface area contributed by atoms with Gasteiger partial charge in [-0.2, -0.15) is 10.2 Å². The van der Waals surface area contributed by atoms with Crippen molar-refractivity contribution in [3.63, 3.8) is 0 Å². The minimum Gasteiger partial charge on any atom is -0.504 e. The van der Waals surface area contributed by atoms with Gasteiger partial charge in [0.2, 0.25) is 0 Å². The van der Waals surface area contributed by atoms with Gasteiger partial charge in [0.05, 0.1) is 18.2 Å². The molecule has 0 aliphatic heterocycles. The molecular weight excluding hydrogens is 306 g/mol. The van der Waals surface area contributed by atoms with Crippen LogP contribution in [-0.2, 0) is 11.3 Å². The second kappa shape index (κ2) is 7.02. The van der Waals surface area contributed by atoms with Crippen molar-refractivity contribution in [2.75, 3.05) is 7.11 Å². The molecule has 0 fully saturated rings. The summed E-state index contributed by atoms with van der Waals surface area (Å²) in [5.41, 5.74) is 2.68. The molecule has 1 aromatic carbocycles. The fraction of sp³-hybridized carbons (Fsp3) is 0.154. The number of hydrogen-bond acceptors (Lipinski definition) is 7. The maximum Gasteiger partial charge on any atom is 0.307 e. The summed E-state index contributed by atoms with van der Waals surface area (Å²) in [6.07, 6.45) is 3.57. The lowest BCUT2D eigenvalue weighted by Gasteiger charge is -2.03. The molecule has 2 aromatic rings. The van der Waals surface area contributed by atoms with Gasteiger partial charge in [-0.25, -0.2) is 5.43 Å². The van der Waals surface area contributed by atoms with E-state index in [9.17, 15) is 20.0 Å². The Bertz CT molecular complexity index is 755. The molecule has 1 aromatic heterocycles. The van der Waals surface area contributed by atoms with Crippen LogP contribution in [0.1, 0.15) is 5.56 Å². The fourth-order valence-corrected chi connectivity index (χ4v) is 1.67. The van der Waals surface area contributed by atoms with E-state index in [1.165, 1.54) is 19.4 Å². The molecule has 1 amide bonds. The summed E-state index contributed by atoms with van der Waals surface area (Å²) >= 11 is 0. The quantitative estimate of drug-likeness (QED) is 0.456. The van der Waals surface area contributed by atoms with Crippen LogP contribution in [0, 0.1) is 10.1 Å². The van der Waals surface area contributed by atoms with E-state index < -0.39 is 10.8 Å². The molecule has 0 saturated heterocycles. The van der Waals surface area contributed by atoms with Gasteiger partial charge in [0.25, 0.3) is 5.91 Å². The van der Waals surface area contributed by atoms with Crippen molar-refractivity contribution in [3.05, 3.63) is 46.3 Å². The number of aromatic nitrogens is 2. The van der Waals surface area contributed by atoms with Crippen molar-refractivity contribution >= 4 is 17.8 Å². The van der Waals surface area contributed by atoms with Gasteiger partial charge in [-0.05, 0) is 23.8 Å². The smallest absolute Gasteiger partial charge is 0.307 e. The molecule has 0 spiro atoms. The zero-order chi connectivity index (χ0) is 16.8. The van der Waals surface area contributed by atoms with Gasteiger partial charge < -0.3 is 9.84 Å². The molecule has 0 unspecified atom stereocenters. The number of nitro groups is 1. The average Bonchev–Trinajstić information content (AvgIpc) is 2.97. The normalized spacial score (nSPS) is 10.7. The molecule has 10 heteroatoms. The van der Waals surface area contributed by atoms with E-state index in [0.717, 1.165) is 17.1 Å². The van der Waals surface area contributed by atoms with E-state index in [4.69, 9.17) is 4.74 Å². The molecule has 2 N–H and O–H groups in total. The number of amides is 1. The molecular formula is C13H13N5O5. The number of carbonyl (C=O) groups is 1. The number of carbonyl (C=O) groups excluding carboxylic acids is 1. The predicted octanol–water partition coefficient (Wildman–Crippen LogP) is 0.656. The van der Waals surface area contributed by atoms with Crippen molar-refractivity contribution in [1.29, 1.82) is 0 Å². The first-order valence-electron chi connectivity index (χ1n) is 6.35. The Morgan fingerprint density at radius 2 is 2.39 bits per heavy atom. The third kappa shape index (κ3) is 4.27. The van der Waals surface area contributed by atoms with Gasteiger partial charge in [0.1, 0.15) is 18.9 Å². The van der Waals surface area contributed by atoms with E-state index in [2.05, 4.69) is 15.6 Å². The molecule has 10 nitrogen and oxygen atoms in total. The number of nitrogens with one attached hydrogen (secondary N) is 1. The van der Waals surface area contributed by atoms with E-state index in [1.807, 2.05) is 0 Å². The van der Waals surface area contributed by atoms with Crippen LogP contribution in [-0.4, -0.2) is 39.0 Å². The number of phenols is 1. The zero-order valence-electron chi connectivity index (χ0n) is 12.0. The standard InChI is InChI=1S/C13H13N5O5/c1-23-12-4-9(2-3-11(12)19)5-14-16-13(20)8-17-7-10(6-15-17)18(21)22/h2-7,19H,8H2,1H3,(H,16,20). The van der Waals surface area contributed by atoms with Crippen LogP contribution in [0.15, 0.2) is 35.7 Å². The fourth-order valence-electron chi connectivity index (χ4n) is 1.67. The monoisotopic (exact) mass is 319 g/mol. The molecule has 0 atom stereocenters. The number of methoxy groups -OCH3 is 1. The van der Waals surface area contributed by atoms with Gasteiger partial charge in [-0.3, -0.25) is 19.6 Å². The second-order valence-electron chi connectivity index (χ2n) is 4.38. The van der Waals surface area contributed by atoms with Crippen molar-refractivity contribution < 1.29 is 19.6 Å². The lowest BCUT2D eigenvalue weighted by atomic mass is 10.2. The maximum absolute atomic E-state index is 11.6. The van der Waals surface area contributed by atoms with E-state index >= 15 is 0 Å². The third-order valence-electron chi connectivity index (χ3n) is 2.74. The van der Waals surface area contributed by atoms with Crippen LogP contribution in [0.4, 0.5) is 5.69 Å². The first kappa shape index (κ1) is 15.9. The summed E-state index contributed by atoms with van der Waals surface area (Å²) in [6.45, 7) is -0.204. The zero-order valence-corrected chi connectivity index (χ0v) is 12.0. The highest BCUT2D eigenvalue weighted by Crippen LogP contribution is 2.25. The Morgan fingerprint density at radius 1 is 1.61 bits per heavy atom. The molecule has 1 heterocycles. The minimum absolute atomic E-state index is 0.00559. The summed E-state index contributed by atoms with van der Waals surface area (Å²) in [6, 6.07) is 4.57. The first-order chi connectivity index (χ1) is 11.0. The molecule has 0 saturated carbocycles. The Hall–Kier alpha value is -3.43. The third-order valence-corrected chi connectivity index (χ3v) is 2.74. The van der Waals surface area contributed by atoms with Gasteiger partial charge in [-0.1, -0.05) is 0 Å². The van der Waals surface area contributed by atoms with Crippen molar-refractivity contribution in [3.8, 4) is 11.5 Å². The van der Waals surface area contributed by atoms with Crippen LogP contribution in [0.25, 0.3) is 0 Å². The molecule has 0 radical (unpaired) electrons.